The minimum Gasteiger partial charge on any atom is -0.455 e. The summed E-state index contributed by atoms with van der Waals surface area (Å²) in [7, 11) is 0. The molecule has 0 N–H and O–H groups in total. The zero-order valence-electron chi connectivity index (χ0n) is 27.0. The monoisotopic (exact) mass is 639 g/mol. The molecule has 0 fully saturated rings. The molecule has 1 aliphatic heterocycles. The molecule has 3 aromatic heterocycles. The third-order valence-electron chi connectivity index (χ3n) is 9.75. The zero-order valence-corrected chi connectivity index (χ0v) is 27.0. The lowest BCUT2D eigenvalue weighted by Gasteiger charge is -2.18. The van der Waals surface area contributed by atoms with Crippen LogP contribution in [0.2, 0.25) is 0 Å². The number of benzene rings is 6. The molecule has 0 radical (unpaired) electrons. The first-order chi connectivity index (χ1) is 24.8. The number of hydrogen-bond donors (Lipinski definition) is 0. The SMILES string of the molecule is C1=C\c2ccc(-c3ccc4c(c3)c3cccnc3n4-c3ccccn3)cc2-c2ccc3ccccc3c2Oc2ccccc2-c2ccccc2/1. The van der Waals surface area contributed by atoms with Gasteiger partial charge in [-0.15, -0.1) is 0 Å². The quantitative estimate of drug-likeness (QED) is 0.189. The Balaban J connectivity index is 1.22. The highest BCUT2D eigenvalue weighted by Gasteiger charge is 2.20. The number of nitrogens with zero attached hydrogens (tertiary/aromatic N) is 3. The van der Waals surface area contributed by atoms with Gasteiger partial charge in [0.05, 0.1) is 5.52 Å². The molecular weight excluding hydrogens is 611 g/mol. The van der Waals surface area contributed by atoms with Crippen LogP contribution in [0.1, 0.15) is 11.1 Å². The third kappa shape index (κ3) is 4.54. The summed E-state index contributed by atoms with van der Waals surface area (Å²) in [4.78, 5) is 9.45. The third-order valence-corrected chi connectivity index (χ3v) is 9.75. The fourth-order valence-corrected chi connectivity index (χ4v) is 7.38. The average molecular weight is 640 g/mol. The molecule has 0 spiro atoms. The van der Waals surface area contributed by atoms with Crippen molar-refractivity contribution in [2.45, 2.75) is 0 Å². The van der Waals surface area contributed by atoms with Gasteiger partial charge in [0.25, 0.3) is 0 Å². The maximum Gasteiger partial charge on any atom is 0.146 e. The molecule has 234 valence electrons. The highest BCUT2D eigenvalue weighted by Crippen LogP contribution is 2.46. The summed E-state index contributed by atoms with van der Waals surface area (Å²) in [6.07, 6.45) is 8.13. The van der Waals surface area contributed by atoms with Crippen molar-refractivity contribution in [2.24, 2.45) is 0 Å². The second-order valence-electron chi connectivity index (χ2n) is 12.6. The van der Waals surface area contributed by atoms with E-state index in [4.69, 9.17) is 9.72 Å². The molecule has 0 bridgehead atoms. The lowest BCUT2D eigenvalue weighted by molar-refractivity contribution is 0.492. The van der Waals surface area contributed by atoms with Crippen molar-refractivity contribution in [2.75, 3.05) is 0 Å². The Morgan fingerprint density at radius 2 is 1.20 bits per heavy atom. The van der Waals surface area contributed by atoms with Gasteiger partial charge in [-0.05, 0) is 93.4 Å². The number of rotatable bonds is 2. The van der Waals surface area contributed by atoms with Crippen LogP contribution in [-0.2, 0) is 0 Å². The lowest BCUT2D eigenvalue weighted by atomic mass is 9.91. The molecule has 0 atom stereocenters. The molecule has 1 aliphatic rings. The van der Waals surface area contributed by atoms with Crippen LogP contribution in [0.15, 0.2) is 164 Å². The summed E-state index contributed by atoms with van der Waals surface area (Å²) in [6.45, 7) is 0. The molecule has 9 aromatic rings. The topological polar surface area (TPSA) is 39.9 Å². The first kappa shape index (κ1) is 28.3. The molecule has 10 rings (SSSR count). The fraction of sp³-hybridized carbons (Fsp3) is 0. The van der Waals surface area contributed by atoms with Gasteiger partial charge in [-0.1, -0.05) is 109 Å². The van der Waals surface area contributed by atoms with E-state index in [1.807, 2.05) is 42.7 Å². The number of hydrogen-bond acceptors (Lipinski definition) is 3. The van der Waals surface area contributed by atoms with Crippen molar-refractivity contribution >= 4 is 44.9 Å². The molecule has 4 heteroatoms. The van der Waals surface area contributed by atoms with Crippen LogP contribution >= 0.6 is 0 Å². The van der Waals surface area contributed by atoms with E-state index in [1.54, 1.807) is 0 Å². The van der Waals surface area contributed by atoms with Crippen LogP contribution < -0.4 is 4.74 Å². The van der Waals surface area contributed by atoms with Gasteiger partial charge in [0, 0.05) is 39.7 Å². The normalized spacial score (nSPS) is 12.7. The van der Waals surface area contributed by atoms with Crippen molar-refractivity contribution in [3.8, 4) is 50.7 Å². The van der Waals surface area contributed by atoms with Crippen molar-refractivity contribution < 1.29 is 4.74 Å². The van der Waals surface area contributed by atoms with Gasteiger partial charge in [-0.2, -0.15) is 0 Å². The molecule has 0 aliphatic carbocycles. The second-order valence-corrected chi connectivity index (χ2v) is 12.6. The van der Waals surface area contributed by atoms with Gasteiger partial charge < -0.3 is 4.74 Å². The number of para-hydroxylation sites is 1. The first-order valence-corrected chi connectivity index (χ1v) is 16.8. The Morgan fingerprint density at radius 1 is 0.460 bits per heavy atom. The predicted octanol–water partition coefficient (Wildman–Crippen LogP) is 12.0. The maximum absolute atomic E-state index is 7.05. The van der Waals surface area contributed by atoms with Gasteiger partial charge >= 0.3 is 0 Å². The smallest absolute Gasteiger partial charge is 0.146 e. The summed E-state index contributed by atoms with van der Waals surface area (Å²) >= 11 is 0. The van der Waals surface area contributed by atoms with Gasteiger partial charge in [-0.25, -0.2) is 9.97 Å². The van der Waals surface area contributed by atoms with Crippen LogP contribution in [0.4, 0.5) is 0 Å². The number of ether oxygens (including phenoxy) is 1. The molecule has 0 saturated carbocycles. The maximum atomic E-state index is 7.05. The van der Waals surface area contributed by atoms with Gasteiger partial charge in [-0.3, -0.25) is 4.57 Å². The molecule has 4 nitrogen and oxygen atoms in total. The van der Waals surface area contributed by atoms with Crippen LogP contribution in [0, 0.1) is 0 Å². The molecule has 4 heterocycles. The number of aromatic nitrogens is 3. The molecular formula is C46H29N3O. The molecule has 0 saturated heterocycles. The molecule has 0 unspecified atom stereocenters. The van der Waals surface area contributed by atoms with E-state index >= 15 is 0 Å². The molecule has 0 amide bonds. The van der Waals surface area contributed by atoms with E-state index in [2.05, 4.69) is 143 Å². The van der Waals surface area contributed by atoms with Gasteiger partial charge in [0.1, 0.15) is 23.0 Å². The van der Waals surface area contributed by atoms with Crippen LogP contribution in [0.3, 0.4) is 0 Å². The van der Waals surface area contributed by atoms with Crippen molar-refractivity contribution in [1.29, 1.82) is 0 Å². The fourth-order valence-electron chi connectivity index (χ4n) is 7.38. The minimum absolute atomic E-state index is 0.828. The summed E-state index contributed by atoms with van der Waals surface area (Å²) in [5.74, 6) is 2.53. The minimum atomic E-state index is 0.828. The Kier molecular flexibility index (Phi) is 6.46. The predicted molar refractivity (Wildman–Crippen MR) is 206 cm³/mol. The Bertz CT molecular complexity index is 2790. The van der Waals surface area contributed by atoms with Crippen LogP contribution in [-0.4, -0.2) is 14.5 Å². The van der Waals surface area contributed by atoms with Crippen LogP contribution in [0.5, 0.6) is 11.5 Å². The largest absolute Gasteiger partial charge is 0.455 e. The number of fused-ring (bicyclic) bond motifs is 11. The Hall–Kier alpha value is -6.78. The average Bonchev–Trinajstić information content (AvgIpc) is 3.50. The summed E-state index contributed by atoms with van der Waals surface area (Å²) in [5.41, 5.74) is 10.8. The Labute approximate surface area is 289 Å². The van der Waals surface area contributed by atoms with E-state index in [-0.39, 0.29) is 0 Å². The van der Waals surface area contributed by atoms with Gasteiger partial charge in [0.15, 0.2) is 0 Å². The summed E-state index contributed by atoms with van der Waals surface area (Å²) in [5, 5.41) is 4.44. The van der Waals surface area contributed by atoms with Crippen LogP contribution in [0.25, 0.3) is 84.1 Å². The standard InChI is InChI=1S/C46H29N3O/c1-3-12-35-30(10-1)18-19-32-20-21-33(34-23-25-42-41(29-34)39-15-9-27-48-46(39)49(42)44-17-7-8-26-47-44)28-40(32)38-24-22-31-11-2-4-13-36(31)45(38)50-43-16-6-5-14-37(35)43/h1-29H/b19-18-. The van der Waals surface area contributed by atoms with Crippen molar-refractivity contribution in [1.82, 2.24) is 14.5 Å². The Morgan fingerprint density at radius 3 is 2.12 bits per heavy atom. The van der Waals surface area contributed by atoms with E-state index < -0.39 is 0 Å². The van der Waals surface area contributed by atoms with Crippen molar-refractivity contribution in [3.05, 3.63) is 175 Å². The summed E-state index contributed by atoms with van der Waals surface area (Å²) < 4.78 is 9.20. The summed E-state index contributed by atoms with van der Waals surface area (Å²) in [6, 6.07) is 53.3. The van der Waals surface area contributed by atoms with E-state index in [9.17, 15) is 0 Å². The zero-order chi connectivity index (χ0) is 33.0. The van der Waals surface area contributed by atoms with E-state index in [0.29, 0.717) is 0 Å². The highest BCUT2D eigenvalue weighted by atomic mass is 16.5. The molecule has 6 aromatic carbocycles. The van der Waals surface area contributed by atoms with Crippen molar-refractivity contribution in [3.63, 3.8) is 0 Å². The van der Waals surface area contributed by atoms with E-state index in [1.165, 1.54) is 0 Å². The van der Waals surface area contributed by atoms with Gasteiger partial charge in [0.2, 0.25) is 0 Å². The lowest BCUT2D eigenvalue weighted by Crippen LogP contribution is -1.97. The first-order valence-electron chi connectivity index (χ1n) is 16.8. The highest BCUT2D eigenvalue weighted by molar-refractivity contribution is 6.09. The molecule has 50 heavy (non-hydrogen) atoms. The number of pyridine rings is 2. The second kappa shape index (κ2) is 11.4. The van der Waals surface area contributed by atoms with E-state index in [0.717, 1.165) is 94.5 Å².